The van der Waals surface area contributed by atoms with Crippen LogP contribution in [0.3, 0.4) is 0 Å². The molecule has 0 saturated carbocycles. The normalized spacial score (nSPS) is 9.56. The number of hydrogen-bond donors (Lipinski definition) is 0. The summed E-state index contributed by atoms with van der Waals surface area (Å²) in [6, 6.07) is 4.12. The Morgan fingerprint density at radius 1 is 1.67 bits per heavy atom. The number of rotatable bonds is 1. The van der Waals surface area contributed by atoms with E-state index in [1.165, 1.54) is 31.8 Å². The van der Waals surface area contributed by atoms with Crippen molar-refractivity contribution in [2.45, 2.75) is 5.33 Å². The Morgan fingerprint density at radius 3 is 2.89 bits per heavy atom. The van der Waals surface area contributed by atoms with Crippen molar-refractivity contribution in [3.8, 4) is 0 Å². The van der Waals surface area contributed by atoms with Crippen LogP contribution in [0.5, 0.6) is 0 Å². The van der Waals surface area contributed by atoms with E-state index in [1.807, 2.05) is 12.3 Å². The summed E-state index contributed by atoms with van der Waals surface area (Å²) in [5.41, 5.74) is 1.30. The Labute approximate surface area is 76.1 Å². The van der Waals surface area contributed by atoms with Crippen LogP contribution in [-0.4, -0.2) is 27.5 Å². The first-order chi connectivity index (χ1) is 4.33. The fourth-order valence-electron chi connectivity index (χ4n) is 0.557. The Balaban J connectivity index is 2.94. The van der Waals surface area contributed by atoms with Crippen LogP contribution in [0.2, 0.25) is 0 Å². The first kappa shape index (κ1) is 7.53. The minimum absolute atomic E-state index is 0.927. The molecule has 0 aliphatic carbocycles. The quantitative estimate of drug-likeness (QED) is 0.550. The molecule has 1 aromatic heterocycles. The van der Waals surface area contributed by atoms with E-state index in [9.17, 15) is 0 Å². The molecule has 3 radical (unpaired) electrons. The third-order valence-electron chi connectivity index (χ3n) is 0.979. The molecular weight excluding hydrogens is 285 g/mol. The van der Waals surface area contributed by atoms with Crippen molar-refractivity contribution in [1.29, 1.82) is 0 Å². The molecule has 1 aromatic rings. The summed E-state index contributed by atoms with van der Waals surface area (Å²) in [6.07, 6.45) is 1.85. The Hall–Kier alpha value is 0.429. The summed E-state index contributed by atoms with van der Waals surface area (Å²) in [5, 5.41) is 0.927. The minimum atomic E-state index is 0.927. The van der Waals surface area contributed by atoms with Gasteiger partial charge >= 0.3 is 76.4 Å². The van der Waals surface area contributed by atoms with Crippen LogP contribution in [0.15, 0.2) is 18.3 Å². The van der Waals surface area contributed by atoms with E-state index in [0.717, 1.165) is 5.33 Å². The maximum absolute atomic E-state index is 4.11. The summed E-state index contributed by atoms with van der Waals surface area (Å²) in [7, 11) is 0. The number of nitrogens with zero attached hydrogens (tertiary/aromatic N) is 1. The van der Waals surface area contributed by atoms with Gasteiger partial charge in [-0.05, 0) is 0 Å². The second kappa shape index (κ2) is 3.56. The van der Waals surface area contributed by atoms with Crippen LogP contribution in [0.1, 0.15) is 5.56 Å². The Kier molecular flexibility index (Phi) is 2.98. The van der Waals surface area contributed by atoms with Crippen LogP contribution in [0.4, 0.5) is 0 Å². The molecule has 9 heavy (non-hydrogen) atoms. The average Bonchev–Trinajstić information content (AvgIpc) is 1.88. The van der Waals surface area contributed by atoms with Gasteiger partial charge in [-0.15, -0.1) is 0 Å². The third-order valence-corrected chi connectivity index (χ3v) is 2.41. The van der Waals surface area contributed by atoms with Crippen molar-refractivity contribution in [1.82, 2.24) is 4.98 Å². The second-order valence-electron chi connectivity index (χ2n) is 1.68. The Morgan fingerprint density at radius 2 is 2.44 bits per heavy atom. The second-order valence-corrected chi connectivity index (χ2v) is 3.71. The maximum atomic E-state index is 4.11. The molecule has 0 amide bonds. The van der Waals surface area contributed by atoms with Crippen LogP contribution in [0.25, 0.3) is 0 Å². The molecule has 0 bridgehead atoms. The topological polar surface area (TPSA) is 12.9 Å². The molecule has 0 aliphatic heterocycles. The first-order valence-electron chi connectivity index (χ1n) is 2.55. The number of alkyl halides is 1. The number of hydrogen-bond acceptors (Lipinski definition) is 1. The van der Waals surface area contributed by atoms with Gasteiger partial charge in [0.2, 0.25) is 0 Å². The SMILES string of the molecule is BrCc1ccn[c]([Sn])c1. The predicted octanol–water partition coefficient (Wildman–Crippen LogP) is 0.770. The van der Waals surface area contributed by atoms with Gasteiger partial charge < -0.3 is 0 Å². The van der Waals surface area contributed by atoms with Crippen LogP contribution < -0.4 is 3.71 Å². The molecule has 0 spiro atoms. The average molecular weight is 290 g/mol. The van der Waals surface area contributed by atoms with Gasteiger partial charge in [-0.2, -0.15) is 0 Å². The standard InChI is InChI=1S/C6H5BrN.Sn/c7-5-6-1-3-8-4-2-6;/h1-3H,5H2;. The van der Waals surface area contributed by atoms with Gasteiger partial charge in [-0.1, -0.05) is 0 Å². The van der Waals surface area contributed by atoms with Crippen LogP contribution in [-0.2, 0) is 5.33 Å². The fraction of sp³-hybridized carbons (Fsp3) is 0.167. The van der Waals surface area contributed by atoms with E-state index in [2.05, 4.69) is 27.0 Å². The zero-order valence-electron chi connectivity index (χ0n) is 4.76. The van der Waals surface area contributed by atoms with E-state index < -0.39 is 0 Å². The molecule has 0 aromatic carbocycles. The molecule has 0 aliphatic rings. The van der Waals surface area contributed by atoms with Crippen LogP contribution in [0, 0.1) is 0 Å². The van der Waals surface area contributed by atoms with Gasteiger partial charge in [-0.3, -0.25) is 0 Å². The Bertz CT molecular complexity index is 202. The summed E-state index contributed by atoms with van der Waals surface area (Å²) >= 11 is 4.75. The van der Waals surface area contributed by atoms with E-state index in [4.69, 9.17) is 0 Å². The molecule has 1 heterocycles. The summed E-state index contributed by atoms with van der Waals surface area (Å²) in [6.45, 7) is 0. The number of halogens is 1. The van der Waals surface area contributed by atoms with Gasteiger partial charge in [-0.25, -0.2) is 0 Å². The van der Waals surface area contributed by atoms with Gasteiger partial charge in [0.05, 0.1) is 0 Å². The van der Waals surface area contributed by atoms with Crippen molar-refractivity contribution >= 4 is 42.2 Å². The molecule has 0 fully saturated rings. The van der Waals surface area contributed by atoms with E-state index >= 15 is 0 Å². The number of pyridine rings is 1. The van der Waals surface area contributed by atoms with Crippen molar-refractivity contribution in [2.24, 2.45) is 0 Å². The fourth-order valence-corrected chi connectivity index (χ4v) is 1.65. The predicted molar refractivity (Wildman–Crippen MR) is 42.3 cm³/mol. The van der Waals surface area contributed by atoms with Gasteiger partial charge in [0.15, 0.2) is 0 Å². The van der Waals surface area contributed by atoms with E-state index in [1.54, 1.807) is 0 Å². The van der Waals surface area contributed by atoms with Crippen molar-refractivity contribution < 1.29 is 0 Å². The molecule has 0 N–H and O–H groups in total. The molecule has 45 valence electrons. The molecule has 0 saturated heterocycles. The molecule has 1 rings (SSSR count). The zero-order chi connectivity index (χ0) is 6.69. The van der Waals surface area contributed by atoms with Crippen molar-refractivity contribution in [3.05, 3.63) is 23.9 Å². The van der Waals surface area contributed by atoms with Gasteiger partial charge in [0, 0.05) is 0 Å². The molecular formula is C6H5BrNSn. The van der Waals surface area contributed by atoms with E-state index in [-0.39, 0.29) is 0 Å². The summed E-state index contributed by atoms with van der Waals surface area (Å²) in [5.74, 6) is 0. The molecule has 1 nitrogen and oxygen atoms in total. The zero-order valence-corrected chi connectivity index (χ0v) is 9.20. The summed E-state index contributed by atoms with van der Waals surface area (Å²) in [4.78, 5) is 4.11. The third kappa shape index (κ3) is 2.26. The van der Waals surface area contributed by atoms with Gasteiger partial charge in [0.25, 0.3) is 0 Å². The van der Waals surface area contributed by atoms with Crippen LogP contribution >= 0.6 is 15.9 Å². The van der Waals surface area contributed by atoms with Crippen molar-refractivity contribution in [2.75, 3.05) is 0 Å². The molecule has 3 heteroatoms. The number of aromatic nitrogens is 1. The van der Waals surface area contributed by atoms with Gasteiger partial charge in [0.1, 0.15) is 0 Å². The summed E-state index contributed by atoms with van der Waals surface area (Å²) < 4.78 is 1.17. The molecule has 0 atom stereocenters. The molecule has 0 unspecified atom stereocenters. The monoisotopic (exact) mass is 290 g/mol. The van der Waals surface area contributed by atoms with Crippen molar-refractivity contribution in [3.63, 3.8) is 0 Å². The van der Waals surface area contributed by atoms with E-state index in [0.29, 0.717) is 0 Å². The first-order valence-corrected chi connectivity index (χ1v) is 5.10.